The fourth-order valence-corrected chi connectivity index (χ4v) is 3.20. The Labute approximate surface area is 114 Å². The average molecular weight is 255 g/mol. The van der Waals surface area contributed by atoms with Gasteiger partial charge in [-0.05, 0) is 49.5 Å². The van der Waals surface area contributed by atoms with E-state index in [0.717, 1.165) is 31.5 Å². The lowest BCUT2D eigenvalue weighted by molar-refractivity contribution is -0.0213. The van der Waals surface area contributed by atoms with E-state index in [9.17, 15) is 0 Å². The summed E-state index contributed by atoms with van der Waals surface area (Å²) in [7, 11) is 0. The van der Waals surface area contributed by atoms with Crippen LogP contribution in [0.25, 0.3) is 0 Å². The molecule has 2 unspecified atom stereocenters. The Balaban J connectivity index is 2.08. The van der Waals surface area contributed by atoms with E-state index in [2.05, 4.69) is 39.9 Å². The fourth-order valence-electron chi connectivity index (χ4n) is 3.20. The highest BCUT2D eigenvalue weighted by molar-refractivity contribution is 4.83. The van der Waals surface area contributed by atoms with E-state index in [4.69, 9.17) is 4.74 Å². The van der Waals surface area contributed by atoms with Gasteiger partial charge < -0.3 is 10.1 Å². The van der Waals surface area contributed by atoms with Gasteiger partial charge in [0.15, 0.2) is 0 Å². The van der Waals surface area contributed by atoms with E-state index < -0.39 is 0 Å². The summed E-state index contributed by atoms with van der Waals surface area (Å²) in [6, 6.07) is 0. The number of hydrogen-bond donors (Lipinski definition) is 1. The SMILES string of the molecule is CC(C)CCNCCOC1CC(C)CC(C)(C)C1. The molecule has 0 aromatic rings. The Morgan fingerprint density at radius 3 is 2.56 bits per heavy atom. The van der Waals surface area contributed by atoms with Crippen LogP contribution in [0, 0.1) is 17.3 Å². The quantitative estimate of drug-likeness (QED) is 0.698. The number of nitrogens with one attached hydrogen (secondary N) is 1. The van der Waals surface area contributed by atoms with Gasteiger partial charge in [-0.2, -0.15) is 0 Å². The Bertz CT molecular complexity index is 225. The Morgan fingerprint density at radius 1 is 1.22 bits per heavy atom. The monoisotopic (exact) mass is 255 g/mol. The van der Waals surface area contributed by atoms with Crippen molar-refractivity contribution in [1.29, 1.82) is 0 Å². The topological polar surface area (TPSA) is 21.3 Å². The highest BCUT2D eigenvalue weighted by Gasteiger charge is 2.32. The van der Waals surface area contributed by atoms with Crippen molar-refractivity contribution in [3.8, 4) is 0 Å². The Kier molecular flexibility index (Phi) is 6.65. The number of rotatable bonds is 7. The molecule has 2 nitrogen and oxygen atoms in total. The van der Waals surface area contributed by atoms with Crippen LogP contribution in [0.15, 0.2) is 0 Å². The molecule has 1 rings (SSSR count). The molecule has 1 aliphatic rings. The third-order valence-corrected chi connectivity index (χ3v) is 3.88. The molecule has 18 heavy (non-hydrogen) atoms. The van der Waals surface area contributed by atoms with Crippen molar-refractivity contribution in [2.75, 3.05) is 19.7 Å². The first kappa shape index (κ1) is 16.0. The Hall–Kier alpha value is -0.0800. The zero-order valence-corrected chi connectivity index (χ0v) is 13.1. The predicted molar refractivity (Wildman–Crippen MR) is 78.9 cm³/mol. The van der Waals surface area contributed by atoms with Crippen LogP contribution in [0.1, 0.15) is 60.3 Å². The molecule has 2 heteroatoms. The molecule has 0 bridgehead atoms. The number of ether oxygens (including phenoxy) is 1. The van der Waals surface area contributed by atoms with E-state index in [-0.39, 0.29) is 0 Å². The lowest BCUT2D eigenvalue weighted by Crippen LogP contribution is -2.34. The first-order valence-corrected chi connectivity index (χ1v) is 7.71. The van der Waals surface area contributed by atoms with Crippen LogP contribution >= 0.6 is 0 Å². The summed E-state index contributed by atoms with van der Waals surface area (Å²) < 4.78 is 6.03. The largest absolute Gasteiger partial charge is 0.377 e. The highest BCUT2D eigenvalue weighted by Crippen LogP contribution is 2.39. The normalized spacial score (nSPS) is 27.7. The van der Waals surface area contributed by atoms with Gasteiger partial charge in [-0.25, -0.2) is 0 Å². The first-order chi connectivity index (χ1) is 8.39. The molecule has 0 heterocycles. The third-order valence-electron chi connectivity index (χ3n) is 3.88. The third kappa shape index (κ3) is 6.75. The molecule has 0 spiro atoms. The molecule has 1 fully saturated rings. The van der Waals surface area contributed by atoms with Crippen molar-refractivity contribution < 1.29 is 4.74 Å². The fraction of sp³-hybridized carbons (Fsp3) is 1.00. The van der Waals surface area contributed by atoms with E-state index in [0.29, 0.717) is 11.5 Å². The van der Waals surface area contributed by atoms with Crippen LogP contribution in [-0.2, 0) is 4.74 Å². The van der Waals surface area contributed by atoms with E-state index in [1.807, 2.05) is 0 Å². The van der Waals surface area contributed by atoms with Gasteiger partial charge >= 0.3 is 0 Å². The minimum atomic E-state index is 0.466. The number of hydrogen-bond acceptors (Lipinski definition) is 2. The van der Waals surface area contributed by atoms with Crippen molar-refractivity contribution in [1.82, 2.24) is 5.32 Å². The van der Waals surface area contributed by atoms with Crippen molar-refractivity contribution >= 4 is 0 Å². The van der Waals surface area contributed by atoms with Gasteiger partial charge in [-0.3, -0.25) is 0 Å². The predicted octanol–water partition coefficient (Wildman–Crippen LogP) is 3.85. The van der Waals surface area contributed by atoms with Crippen LogP contribution in [0.5, 0.6) is 0 Å². The molecule has 0 amide bonds. The highest BCUT2D eigenvalue weighted by atomic mass is 16.5. The van der Waals surface area contributed by atoms with Crippen LogP contribution in [-0.4, -0.2) is 25.8 Å². The van der Waals surface area contributed by atoms with Gasteiger partial charge in [-0.15, -0.1) is 0 Å². The van der Waals surface area contributed by atoms with Gasteiger partial charge in [0.2, 0.25) is 0 Å². The summed E-state index contributed by atoms with van der Waals surface area (Å²) in [5.41, 5.74) is 0.466. The molecular formula is C16H33NO. The smallest absolute Gasteiger partial charge is 0.0594 e. The second-order valence-electron chi connectivity index (χ2n) is 7.34. The minimum absolute atomic E-state index is 0.466. The molecular weight excluding hydrogens is 222 g/mol. The minimum Gasteiger partial charge on any atom is -0.377 e. The molecule has 0 radical (unpaired) electrons. The van der Waals surface area contributed by atoms with Crippen molar-refractivity contribution in [2.45, 2.75) is 66.4 Å². The van der Waals surface area contributed by atoms with Crippen molar-refractivity contribution in [3.63, 3.8) is 0 Å². The molecule has 2 atom stereocenters. The van der Waals surface area contributed by atoms with Crippen LogP contribution < -0.4 is 5.32 Å². The average Bonchev–Trinajstić information content (AvgIpc) is 2.19. The van der Waals surface area contributed by atoms with Gasteiger partial charge in [0.05, 0.1) is 12.7 Å². The first-order valence-electron chi connectivity index (χ1n) is 7.71. The summed E-state index contributed by atoms with van der Waals surface area (Å²) in [4.78, 5) is 0. The lowest BCUT2D eigenvalue weighted by atomic mass is 9.71. The molecule has 0 aromatic heterocycles. The maximum absolute atomic E-state index is 6.03. The van der Waals surface area contributed by atoms with E-state index >= 15 is 0 Å². The lowest BCUT2D eigenvalue weighted by Gasteiger charge is -2.38. The van der Waals surface area contributed by atoms with Gasteiger partial charge in [0.1, 0.15) is 0 Å². The van der Waals surface area contributed by atoms with Crippen molar-refractivity contribution in [3.05, 3.63) is 0 Å². The van der Waals surface area contributed by atoms with Crippen molar-refractivity contribution in [2.24, 2.45) is 17.3 Å². The molecule has 108 valence electrons. The summed E-state index contributed by atoms with van der Waals surface area (Å²) in [6.07, 6.45) is 5.56. The maximum atomic E-state index is 6.03. The maximum Gasteiger partial charge on any atom is 0.0594 e. The second kappa shape index (κ2) is 7.49. The van der Waals surface area contributed by atoms with Crippen LogP contribution in [0.4, 0.5) is 0 Å². The van der Waals surface area contributed by atoms with E-state index in [1.165, 1.54) is 25.7 Å². The summed E-state index contributed by atoms with van der Waals surface area (Å²) in [6.45, 7) is 14.6. The second-order valence-corrected chi connectivity index (χ2v) is 7.34. The molecule has 0 aromatic carbocycles. The molecule has 1 saturated carbocycles. The summed E-state index contributed by atoms with van der Waals surface area (Å²) in [5, 5.41) is 3.46. The zero-order valence-electron chi connectivity index (χ0n) is 13.1. The summed E-state index contributed by atoms with van der Waals surface area (Å²) >= 11 is 0. The van der Waals surface area contributed by atoms with Crippen LogP contribution in [0.3, 0.4) is 0 Å². The molecule has 0 aliphatic heterocycles. The standard InChI is InChI=1S/C16H33NO/c1-13(2)6-7-17-8-9-18-15-10-14(3)11-16(4,5)12-15/h13-15,17H,6-12H2,1-5H3. The van der Waals surface area contributed by atoms with E-state index in [1.54, 1.807) is 0 Å². The van der Waals surface area contributed by atoms with Gasteiger partial charge in [-0.1, -0.05) is 34.6 Å². The molecule has 1 N–H and O–H groups in total. The molecule has 0 saturated heterocycles. The summed E-state index contributed by atoms with van der Waals surface area (Å²) in [5.74, 6) is 1.60. The Morgan fingerprint density at radius 2 is 1.94 bits per heavy atom. The van der Waals surface area contributed by atoms with Gasteiger partial charge in [0, 0.05) is 6.54 Å². The van der Waals surface area contributed by atoms with Gasteiger partial charge in [0.25, 0.3) is 0 Å². The zero-order chi connectivity index (χ0) is 13.6. The molecule has 1 aliphatic carbocycles. The van der Waals surface area contributed by atoms with Crippen LogP contribution in [0.2, 0.25) is 0 Å².